The highest BCUT2D eigenvalue weighted by Crippen LogP contribution is 2.66. The molecular formula is C75H56N2. The summed E-state index contributed by atoms with van der Waals surface area (Å²) in [5.74, 6) is 0. The first-order chi connectivity index (χ1) is 37.6. The van der Waals surface area contributed by atoms with Crippen LogP contribution >= 0.6 is 0 Å². The Kier molecular flexibility index (Phi) is 8.96. The predicted octanol–water partition coefficient (Wildman–Crippen LogP) is 19.3. The van der Waals surface area contributed by atoms with Crippen LogP contribution in [0.1, 0.15) is 72.2 Å². The molecule has 2 nitrogen and oxygen atoms in total. The fraction of sp³-hybridized carbons (Fsp3) is 0.120. The van der Waals surface area contributed by atoms with Crippen LogP contribution in [0.3, 0.4) is 0 Å². The van der Waals surface area contributed by atoms with Crippen molar-refractivity contribution in [2.75, 3.05) is 23.9 Å². The number of fused-ring (bicyclic) bond motifs is 18. The number of para-hydroxylation sites is 2. The molecule has 1 spiro atoms. The Labute approximate surface area is 451 Å². The molecule has 0 radical (unpaired) electrons. The molecule has 2 aliphatic carbocycles. The molecule has 0 bridgehead atoms. The molecule has 0 N–H and O–H groups in total. The third-order valence-corrected chi connectivity index (χ3v) is 18.8. The molecule has 366 valence electrons. The maximum atomic E-state index is 2.57. The van der Waals surface area contributed by atoms with Crippen LogP contribution in [0.5, 0.6) is 0 Å². The van der Waals surface area contributed by atoms with E-state index in [0.717, 1.165) is 0 Å². The molecule has 0 atom stereocenters. The van der Waals surface area contributed by atoms with Crippen LogP contribution in [0.25, 0.3) is 88.0 Å². The summed E-state index contributed by atoms with van der Waals surface area (Å²) in [6.07, 6.45) is 0. The maximum Gasteiger partial charge on any atom is 0.0725 e. The zero-order valence-electron chi connectivity index (χ0n) is 44.3. The molecule has 2 aliphatic heterocycles. The molecule has 0 fully saturated rings. The van der Waals surface area contributed by atoms with Crippen LogP contribution in [0.4, 0.5) is 22.7 Å². The van der Waals surface area contributed by atoms with Crippen LogP contribution in [0, 0.1) is 0 Å². The van der Waals surface area contributed by atoms with Crippen molar-refractivity contribution in [3.8, 4) is 55.6 Å². The molecule has 2 heteroatoms. The largest absolute Gasteiger partial charge is 0.344 e. The molecule has 16 rings (SSSR count). The zero-order valence-corrected chi connectivity index (χ0v) is 44.3. The molecule has 12 aromatic rings. The van der Waals surface area contributed by atoms with Crippen LogP contribution in [-0.2, 0) is 16.2 Å². The van der Waals surface area contributed by atoms with Gasteiger partial charge < -0.3 is 9.80 Å². The van der Waals surface area contributed by atoms with Crippen molar-refractivity contribution < 1.29 is 0 Å². The quantitative estimate of drug-likeness (QED) is 0.163. The Balaban J connectivity index is 1.06. The zero-order chi connectivity index (χ0) is 51.7. The molecule has 0 unspecified atom stereocenters. The van der Waals surface area contributed by atoms with E-state index >= 15 is 0 Å². The Morgan fingerprint density at radius 3 is 1.22 bits per heavy atom. The predicted molar refractivity (Wildman–Crippen MR) is 325 cm³/mol. The van der Waals surface area contributed by atoms with E-state index in [0.29, 0.717) is 0 Å². The third-order valence-electron chi connectivity index (χ3n) is 18.8. The lowest BCUT2D eigenvalue weighted by atomic mass is 9.70. The lowest BCUT2D eigenvalue weighted by Gasteiger charge is -2.42. The van der Waals surface area contributed by atoms with Gasteiger partial charge in [-0.1, -0.05) is 228 Å². The van der Waals surface area contributed by atoms with Crippen molar-refractivity contribution in [2.45, 2.75) is 43.9 Å². The summed E-state index contributed by atoms with van der Waals surface area (Å²) in [6.45, 7) is 9.69. The van der Waals surface area contributed by atoms with Gasteiger partial charge in [0.25, 0.3) is 0 Å². The van der Waals surface area contributed by atoms with Gasteiger partial charge in [0.1, 0.15) is 0 Å². The fourth-order valence-corrected chi connectivity index (χ4v) is 15.6. The second kappa shape index (κ2) is 15.6. The number of benzene rings is 12. The van der Waals surface area contributed by atoms with Crippen LogP contribution in [0.2, 0.25) is 0 Å². The number of hydrogen-bond acceptors (Lipinski definition) is 2. The van der Waals surface area contributed by atoms with E-state index in [9.17, 15) is 0 Å². The monoisotopic (exact) mass is 984 g/mol. The molecule has 0 amide bonds. The van der Waals surface area contributed by atoms with Gasteiger partial charge in [0.2, 0.25) is 0 Å². The molecule has 2 heterocycles. The summed E-state index contributed by atoms with van der Waals surface area (Å²) in [5.41, 5.74) is 27.6. The van der Waals surface area contributed by atoms with Gasteiger partial charge in [0, 0.05) is 47.7 Å². The van der Waals surface area contributed by atoms with Gasteiger partial charge in [-0.05, 0) is 163 Å². The molecule has 0 aromatic heterocycles. The number of hydrogen-bond donors (Lipinski definition) is 0. The van der Waals surface area contributed by atoms with E-state index in [1.807, 2.05) is 0 Å². The summed E-state index contributed by atoms with van der Waals surface area (Å²) in [4.78, 5) is 4.81. The highest BCUT2D eigenvalue weighted by atomic mass is 15.1. The molecule has 4 aliphatic rings. The first-order valence-corrected chi connectivity index (χ1v) is 27.4. The minimum Gasteiger partial charge on any atom is -0.344 e. The average Bonchev–Trinajstić information content (AvgIpc) is 4.02. The normalized spacial score (nSPS) is 15.4. The average molecular weight is 985 g/mol. The second-order valence-corrected chi connectivity index (χ2v) is 23.1. The van der Waals surface area contributed by atoms with E-state index < -0.39 is 5.41 Å². The van der Waals surface area contributed by atoms with Crippen molar-refractivity contribution in [2.24, 2.45) is 0 Å². The van der Waals surface area contributed by atoms with Gasteiger partial charge in [-0.15, -0.1) is 0 Å². The molecule has 0 saturated heterocycles. The van der Waals surface area contributed by atoms with Crippen molar-refractivity contribution in [3.05, 3.63) is 275 Å². The minimum absolute atomic E-state index is 0.272. The summed E-state index contributed by atoms with van der Waals surface area (Å²) in [6, 6.07) is 88.3. The third kappa shape index (κ3) is 5.60. The Hall–Kier alpha value is -8.98. The number of nitrogens with zero attached hydrogens (tertiary/aromatic N) is 2. The van der Waals surface area contributed by atoms with Crippen molar-refractivity contribution in [1.29, 1.82) is 0 Å². The van der Waals surface area contributed by atoms with Gasteiger partial charge in [-0.2, -0.15) is 0 Å². The molecular weight excluding hydrogens is 929 g/mol. The van der Waals surface area contributed by atoms with Crippen LogP contribution < -0.4 is 9.80 Å². The lowest BCUT2D eigenvalue weighted by Crippen LogP contribution is -2.31. The van der Waals surface area contributed by atoms with Gasteiger partial charge in [-0.25, -0.2) is 0 Å². The van der Waals surface area contributed by atoms with E-state index in [1.165, 1.54) is 155 Å². The summed E-state index contributed by atoms with van der Waals surface area (Å²) < 4.78 is 0. The highest BCUT2D eigenvalue weighted by Gasteiger charge is 2.53. The standard InChI is InChI=1S/C75H56N2/c1-73(2)60-35-13-15-38-64(60)76(5)66-40-20-30-53(71(66)73)47-26-17-28-51-56(47)44-57-48(54-31-21-41-67-72(54)74(3,4)61-36-14-16-39-65(61)77(67)6)27-18-29-52(57)68(51)55-32-19-37-62-70(55)69-46-23-8-7-22-45(46)42-43-63(69)75(62)58-33-11-9-24-49(58)50-25-10-12-34-59(50)75/h7-44H,1-6H3. The molecule has 12 aromatic carbocycles. The number of rotatable bonds is 3. The second-order valence-electron chi connectivity index (χ2n) is 23.1. The van der Waals surface area contributed by atoms with E-state index in [-0.39, 0.29) is 10.8 Å². The Morgan fingerprint density at radius 2 is 0.649 bits per heavy atom. The number of anilines is 4. The van der Waals surface area contributed by atoms with Gasteiger partial charge in [-0.3, -0.25) is 0 Å². The summed E-state index contributed by atoms with van der Waals surface area (Å²) >= 11 is 0. The summed E-state index contributed by atoms with van der Waals surface area (Å²) in [5, 5.41) is 7.54. The summed E-state index contributed by atoms with van der Waals surface area (Å²) in [7, 11) is 4.47. The van der Waals surface area contributed by atoms with E-state index in [4.69, 9.17) is 0 Å². The Morgan fingerprint density at radius 1 is 0.260 bits per heavy atom. The van der Waals surface area contributed by atoms with E-state index in [1.54, 1.807) is 0 Å². The van der Waals surface area contributed by atoms with Gasteiger partial charge >= 0.3 is 0 Å². The minimum atomic E-state index is -0.511. The Bertz CT molecular complexity index is 4350. The van der Waals surface area contributed by atoms with Crippen LogP contribution in [0.15, 0.2) is 231 Å². The van der Waals surface area contributed by atoms with Crippen LogP contribution in [-0.4, -0.2) is 14.1 Å². The smallest absolute Gasteiger partial charge is 0.0725 e. The van der Waals surface area contributed by atoms with Gasteiger partial charge in [0.15, 0.2) is 0 Å². The SMILES string of the molecule is CN1c2ccccc2C(C)(C)c2c(-c3cccc4c(-c5cccc6c5-c5c(ccc7ccccc57)C65c6ccccc6-c6ccccc65)c5cccc(-c6cccc7c6C(C)(C)c6ccccc6N7C)c5cc34)cccc21. The fourth-order valence-electron chi connectivity index (χ4n) is 15.6. The van der Waals surface area contributed by atoms with Gasteiger partial charge in [0.05, 0.1) is 5.41 Å². The molecule has 77 heavy (non-hydrogen) atoms. The highest BCUT2D eigenvalue weighted by molar-refractivity contribution is 6.22. The first kappa shape index (κ1) is 44.3. The molecule has 0 saturated carbocycles. The first-order valence-electron chi connectivity index (χ1n) is 27.4. The van der Waals surface area contributed by atoms with E-state index in [2.05, 4.69) is 282 Å². The van der Waals surface area contributed by atoms with Crippen molar-refractivity contribution >= 4 is 55.1 Å². The maximum absolute atomic E-state index is 2.57. The van der Waals surface area contributed by atoms with Crippen molar-refractivity contribution in [1.82, 2.24) is 0 Å². The topological polar surface area (TPSA) is 6.48 Å². The van der Waals surface area contributed by atoms with Crippen molar-refractivity contribution in [3.63, 3.8) is 0 Å². The lowest BCUT2D eigenvalue weighted by molar-refractivity contribution is 0.631.